The zero-order valence-corrected chi connectivity index (χ0v) is 29.4. The van der Waals surface area contributed by atoms with Crippen molar-refractivity contribution >= 4 is 86.2 Å². The second-order valence-corrected chi connectivity index (χ2v) is 15.7. The number of Topliss-reactive ketones (excluding diaryl/α,β-unsaturated/α-hetero) is 1. The number of aryl methyl sites for hydroxylation is 1. The lowest BCUT2D eigenvalue weighted by atomic mass is 9.95. The second-order valence-electron chi connectivity index (χ2n) is 11.5. The quantitative estimate of drug-likeness (QED) is 0.0637. The van der Waals surface area contributed by atoms with E-state index in [1.165, 1.54) is 60.7 Å². The summed E-state index contributed by atoms with van der Waals surface area (Å²) in [5.41, 5.74) is 4.76. The number of hydrogen-bond donors (Lipinski definition) is 5. The Hall–Kier alpha value is -5.96. The summed E-state index contributed by atoms with van der Waals surface area (Å²) in [6.45, 7) is 1.71. The molecule has 0 aromatic heterocycles. The molecule has 270 valence electrons. The van der Waals surface area contributed by atoms with E-state index in [4.69, 9.17) is 0 Å². The SMILES string of the molecule is Cc1cc(NC(=O)c2ccc(NN=C3C=C(S(=O)(=O)O)c4ccccc4C3=O)cc2)ccc1N=Nc1ccc2cc(S(=O)(=O)O)cc(S(=O)(=O)O)c2c1. The van der Waals surface area contributed by atoms with Crippen LogP contribution in [0.1, 0.15) is 31.8 Å². The molecule has 5 aromatic carbocycles. The van der Waals surface area contributed by atoms with E-state index in [9.17, 15) is 48.5 Å². The van der Waals surface area contributed by atoms with Crippen molar-refractivity contribution in [3.8, 4) is 0 Å². The maximum absolute atomic E-state index is 13.0. The number of fused-ring (bicyclic) bond motifs is 2. The minimum atomic E-state index is -4.89. The summed E-state index contributed by atoms with van der Waals surface area (Å²) in [6.07, 6.45) is 0.974. The van der Waals surface area contributed by atoms with Crippen molar-refractivity contribution in [2.75, 3.05) is 10.7 Å². The number of amides is 1. The van der Waals surface area contributed by atoms with Gasteiger partial charge in [-0.1, -0.05) is 30.3 Å². The second kappa shape index (κ2) is 13.9. The van der Waals surface area contributed by atoms with Crippen LogP contribution in [-0.2, 0) is 30.4 Å². The van der Waals surface area contributed by atoms with E-state index in [2.05, 4.69) is 26.1 Å². The highest BCUT2D eigenvalue weighted by molar-refractivity contribution is 7.95. The number of anilines is 2. The molecule has 0 atom stereocenters. The highest BCUT2D eigenvalue weighted by Gasteiger charge is 2.30. The van der Waals surface area contributed by atoms with Gasteiger partial charge in [0.05, 0.1) is 22.0 Å². The first kappa shape index (κ1) is 36.8. The number of hydrazone groups is 1. The van der Waals surface area contributed by atoms with Crippen LogP contribution in [0.25, 0.3) is 15.7 Å². The third-order valence-corrected chi connectivity index (χ3v) is 10.5. The third-order valence-electron chi connectivity index (χ3n) is 7.85. The van der Waals surface area contributed by atoms with Crippen molar-refractivity contribution in [2.45, 2.75) is 16.7 Å². The average Bonchev–Trinajstić information content (AvgIpc) is 3.09. The van der Waals surface area contributed by atoms with Gasteiger partial charge >= 0.3 is 0 Å². The molecular weight excluding hydrogens is 751 g/mol. The van der Waals surface area contributed by atoms with E-state index >= 15 is 0 Å². The molecule has 0 bridgehead atoms. The van der Waals surface area contributed by atoms with E-state index in [0.29, 0.717) is 28.7 Å². The van der Waals surface area contributed by atoms with Gasteiger partial charge in [0.15, 0.2) is 0 Å². The molecule has 1 aliphatic rings. The fourth-order valence-electron chi connectivity index (χ4n) is 5.29. The van der Waals surface area contributed by atoms with Gasteiger partial charge in [-0.25, -0.2) is 0 Å². The summed E-state index contributed by atoms with van der Waals surface area (Å²) < 4.78 is 99.8. The molecule has 53 heavy (non-hydrogen) atoms. The first-order chi connectivity index (χ1) is 24.9. The number of carbonyl (C=O) groups excluding carboxylic acids is 2. The number of nitrogens with zero attached hydrogens (tertiary/aromatic N) is 3. The number of carbonyl (C=O) groups is 2. The molecule has 1 amide bonds. The standard InChI is InChI=1S/C34H25N5O11S3/c1-19-14-23(12-13-29(19)38-37-24-11-8-21-15-25(51(42,43)44)17-31(28(21)16-24)52(45,46)47)35-34(41)20-6-9-22(10-7-20)36-39-30-18-32(53(48,49)50)26-4-2-3-5-27(26)33(30)40/h2-18,36H,1H3,(H,35,41)(H,42,43,44)(H,45,46,47)(H,48,49,50). The number of rotatable bonds is 9. The molecule has 5 N–H and O–H groups in total. The molecule has 0 spiro atoms. The van der Waals surface area contributed by atoms with Gasteiger partial charge in [-0.15, -0.1) is 0 Å². The Morgan fingerprint density at radius 2 is 1.38 bits per heavy atom. The van der Waals surface area contributed by atoms with E-state index in [0.717, 1.165) is 12.1 Å². The Bertz CT molecular complexity index is 2800. The Kier molecular flexibility index (Phi) is 9.64. The molecule has 19 heteroatoms. The average molecular weight is 776 g/mol. The summed E-state index contributed by atoms with van der Waals surface area (Å²) in [5, 5.41) is 15.1. The zero-order valence-electron chi connectivity index (χ0n) is 27.0. The van der Waals surface area contributed by atoms with Crippen LogP contribution in [0.2, 0.25) is 0 Å². The van der Waals surface area contributed by atoms with E-state index in [-0.39, 0.29) is 38.9 Å². The molecule has 0 heterocycles. The molecular formula is C34H25N5O11S3. The lowest BCUT2D eigenvalue weighted by Gasteiger charge is -2.16. The van der Waals surface area contributed by atoms with E-state index in [1.807, 2.05) is 0 Å². The number of azo groups is 1. The van der Waals surface area contributed by atoms with Crippen LogP contribution in [0.3, 0.4) is 0 Å². The lowest BCUT2D eigenvalue weighted by Crippen LogP contribution is -2.22. The van der Waals surface area contributed by atoms with Crippen LogP contribution < -0.4 is 10.7 Å². The fourth-order valence-corrected chi connectivity index (χ4v) is 7.35. The first-order valence-electron chi connectivity index (χ1n) is 15.0. The van der Waals surface area contributed by atoms with Crippen molar-refractivity contribution in [3.63, 3.8) is 0 Å². The molecule has 0 unspecified atom stereocenters. The highest BCUT2D eigenvalue weighted by atomic mass is 32.2. The van der Waals surface area contributed by atoms with E-state index < -0.39 is 56.7 Å². The molecule has 0 saturated carbocycles. The predicted octanol–water partition coefficient (Wildman–Crippen LogP) is 6.20. The summed E-state index contributed by atoms with van der Waals surface area (Å²) in [7, 11) is -14.3. The third kappa shape index (κ3) is 8.09. The molecule has 0 saturated heterocycles. The number of benzene rings is 5. The van der Waals surface area contributed by atoms with Gasteiger partial charge in [0.1, 0.15) is 15.5 Å². The van der Waals surface area contributed by atoms with Crippen LogP contribution in [0.4, 0.5) is 22.7 Å². The maximum atomic E-state index is 13.0. The monoisotopic (exact) mass is 775 g/mol. The number of nitrogens with one attached hydrogen (secondary N) is 2. The molecule has 5 aromatic rings. The van der Waals surface area contributed by atoms with Crippen LogP contribution in [0, 0.1) is 6.92 Å². The Labute approximate surface area is 301 Å². The van der Waals surface area contributed by atoms with E-state index in [1.54, 1.807) is 31.2 Å². The largest absolute Gasteiger partial charge is 0.322 e. The van der Waals surface area contributed by atoms with Gasteiger partial charge in [0, 0.05) is 27.8 Å². The van der Waals surface area contributed by atoms with Gasteiger partial charge in [-0.2, -0.15) is 40.6 Å². The van der Waals surface area contributed by atoms with Gasteiger partial charge in [0.2, 0.25) is 5.78 Å². The van der Waals surface area contributed by atoms with Gasteiger partial charge in [-0.05, 0) is 90.7 Å². The molecule has 6 rings (SSSR count). The normalized spacial score (nSPS) is 14.3. The molecule has 0 fully saturated rings. The lowest BCUT2D eigenvalue weighted by molar-refractivity contribution is 0.102. The Balaban J connectivity index is 1.14. The first-order valence-corrected chi connectivity index (χ1v) is 19.3. The summed E-state index contributed by atoms with van der Waals surface area (Å²) >= 11 is 0. The maximum Gasteiger partial charge on any atom is 0.295 e. The smallest absolute Gasteiger partial charge is 0.295 e. The van der Waals surface area contributed by atoms with Crippen LogP contribution in [-0.4, -0.2) is 56.3 Å². The van der Waals surface area contributed by atoms with Crippen LogP contribution >= 0.6 is 0 Å². The van der Waals surface area contributed by atoms with Crippen molar-refractivity contribution < 1.29 is 48.5 Å². The Morgan fingerprint density at radius 3 is 2.02 bits per heavy atom. The number of hydrogen-bond acceptors (Lipinski definition) is 12. The number of allylic oxidation sites excluding steroid dienone is 1. The zero-order chi connectivity index (χ0) is 38.3. The van der Waals surface area contributed by atoms with Gasteiger partial charge in [0.25, 0.3) is 36.3 Å². The Morgan fingerprint density at radius 1 is 0.698 bits per heavy atom. The van der Waals surface area contributed by atoms with Crippen LogP contribution in [0.15, 0.2) is 128 Å². The van der Waals surface area contributed by atoms with Crippen molar-refractivity contribution in [1.29, 1.82) is 0 Å². The minimum Gasteiger partial charge on any atom is -0.322 e. The predicted molar refractivity (Wildman–Crippen MR) is 195 cm³/mol. The summed E-state index contributed by atoms with van der Waals surface area (Å²) in [5.74, 6) is -1.01. The van der Waals surface area contributed by atoms with Gasteiger partial charge in [-0.3, -0.25) is 28.7 Å². The van der Waals surface area contributed by atoms with Crippen molar-refractivity contribution in [1.82, 2.24) is 0 Å². The molecule has 16 nitrogen and oxygen atoms in total. The van der Waals surface area contributed by atoms with Gasteiger partial charge < -0.3 is 5.32 Å². The minimum absolute atomic E-state index is 0.0554. The fraction of sp³-hybridized carbons (Fsp3) is 0.0294. The molecule has 1 aliphatic carbocycles. The number of ketones is 1. The van der Waals surface area contributed by atoms with Crippen molar-refractivity contribution in [3.05, 3.63) is 125 Å². The molecule has 0 radical (unpaired) electrons. The van der Waals surface area contributed by atoms with Crippen LogP contribution in [0.5, 0.6) is 0 Å². The van der Waals surface area contributed by atoms with Crippen molar-refractivity contribution in [2.24, 2.45) is 15.3 Å². The molecule has 0 aliphatic heterocycles. The topological polar surface area (TPSA) is 258 Å². The summed E-state index contributed by atoms with van der Waals surface area (Å²) in [4.78, 5) is 23.9. The highest BCUT2D eigenvalue weighted by Crippen LogP contribution is 2.33. The summed E-state index contributed by atoms with van der Waals surface area (Å²) in [6, 6.07) is 22.5.